The van der Waals surface area contributed by atoms with Crippen LogP contribution >= 0.6 is 0 Å². The summed E-state index contributed by atoms with van der Waals surface area (Å²) in [5, 5.41) is 2.79. The SMILES string of the molecule is Cc1cc(C)c(N2C(=O)CNCC2=O)c(C)c1. The Morgan fingerprint density at radius 2 is 1.47 bits per heavy atom. The molecule has 0 aliphatic carbocycles. The lowest BCUT2D eigenvalue weighted by Crippen LogP contribution is -2.52. The fraction of sp³-hybridized carbons (Fsp3) is 0.385. The van der Waals surface area contributed by atoms with Gasteiger partial charge in [-0.2, -0.15) is 0 Å². The number of imide groups is 1. The minimum Gasteiger partial charge on any atom is -0.300 e. The number of anilines is 1. The van der Waals surface area contributed by atoms with Crippen molar-refractivity contribution in [1.82, 2.24) is 5.32 Å². The summed E-state index contributed by atoms with van der Waals surface area (Å²) in [7, 11) is 0. The van der Waals surface area contributed by atoms with Gasteiger partial charge in [0.1, 0.15) is 0 Å². The first-order chi connectivity index (χ1) is 8.00. The number of rotatable bonds is 1. The molecule has 0 aromatic heterocycles. The average molecular weight is 232 g/mol. The maximum absolute atomic E-state index is 11.8. The summed E-state index contributed by atoms with van der Waals surface area (Å²) >= 11 is 0. The van der Waals surface area contributed by atoms with E-state index >= 15 is 0 Å². The van der Waals surface area contributed by atoms with Crippen molar-refractivity contribution in [2.45, 2.75) is 20.8 Å². The van der Waals surface area contributed by atoms with Crippen LogP contribution in [0.5, 0.6) is 0 Å². The Morgan fingerprint density at radius 1 is 1.00 bits per heavy atom. The van der Waals surface area contributed by atoms with Crippen LogP contribution in [0.3, 0.4) is 0 Å². The zero-order valence-corrected chi connectivity index (χ0v) is 10.3. The molecule has 1 aliphatic heterocycles. The molecule has 4 nitrogen and oxygen atoms in total. The molecule has 2 rings (SSSR count). The molecule has 1 aromatic rings. The number of hydrogen-bond donors (Lipinski definition) is 1. The molecule has 1 aliphatic rings. The molecular weight excluding hydrogens is 216 g/mol. The van der Waals surface area contributed by atoms with E-state index in [1.807, 2.05) is 32.9 Å². The molecule has 1 heterocycles. The molecule has 0 spiro atoms. The smallest absolute Gasteiger partial charge is 0.247 e. The Balaban J connectivity index is 2.52. The number of amides is 2. The summed E-state index contributed by atoms with van der Waals surface area (Å²) in [6.07, 6.45) is 0. The number of piperazine rings is 1. The van der Waals surface area contributed by atoms with Gasteiger partial charge < -0.3 is 0 Å². The number of nitrogens with one attached hydrogen (secondary N) is 1. The Labute approximate surface area is 101 Å². The monoisotopic (exact) mass is 232 g/mol. The van der Waals surface area contributed by atoms with Crippen LogP contribution in [0.15, 0.2) is 12.1 Å². The number of carbonyl (C=O) groups excluding carboxylic acids is 2. The van der Waals surface area contributed by atoms with Crippen LogP contribution < -0.4 is 10.2 Å². The maximum Gasteiger partial charge on any atom is 0.247 e. The van der Waals surface area contributed by atoms with Gasteiger partial charge in [0, 0.05) is 0 Å². The van der Waals surface area contributed by atoms with E-state index in [1.54, 1.807) is 0 Å². The number of nitrogens with zero attached hydrogens (tertiary/aromatic N) is 1. The molecule has 1 aromatic carbocycles. The van der Waals surface area contributed by atoms with Gasteiger partial charge in [-0.05, 0) is 31.9 Å². The van der Waals surface area contributed by atoms with Gasteiger partial charge in [-0.25, -0.2) is 4.90 Å². The lowest BCUT2D eigenvalue weighted by molar-refractivity contribution is -0.127. The Morgan fingerprint density at radius 3 is 1.94 bits per heavy atom. The van der Waals surface area contributed by atoms with Gasteiger partial charge >= 0.3 is 0 Å². The van der Waals surface area contributed by atoms with E-state index in [2.05, 4.69) is 5.32 Å². The van der Waals surface area contributed by atoms with Gasteiger partial charge in [0.2, 0.25) is 11.8 Å². The molecule has 17 heavy (non-hydrogen) atoms. The zero-order chi connectivity index (χ0) is 12.6. The summed E-state index contributed by atoms with van der Waals surface area (Å²) in [6.45, 7) is 6.30. The van der Waals surface area contributed by atoms with E-state index in [0.717, 1.165) is 22.4 Å². The highest BCUT2D eigenvalue weighted by Gasteiger charge is 2.29. The summed E-state index contributed by atoms with van der Waals surface area (Å²) < 4.78 is 0. The van der Waals surface area contributed by atoms with Crippen molar-refractivity contribution >= 4 is 17.5 Å². The van der Waals surface area contributed by atoms with Gasteiger partial charge in [0.05, 0.1) is 18.8 Å². The van der Waals surface area contributed by atoms with Crippen molar-refractivity contribution in [2.24, 2.45) is 0 Å². The van der Waals surface area contributed by atoms with E-state index in [1.165, 1.54) is 4.90 Å². The van der Waals surface area contributed by atoms with Crippen molar-refractivity contribution in [2.75, 3.05) is 18.0 Å². The first-order valence-corrected chi connectivity index (χ1v) is 5.65. The fourth-order valence-electron chi connectivity index (χ4n) is 2.35. The number of aryl methyl sites for hydroxylation is 3. The highest BCUT2D eigenvalue weighted by Crippen LogP contribution is 2.27. The normalized spacial score (nSPS) is 16.5. The van der Waals surface area contributed by atoms with E-state index in [9.17, 15) is 9.59 Å². The molecule has 0 saturated carbocycles. The number of benzene rings is 1. The lowest BCUT2D eigenvalue weighted by atomic mass is 10.0. The highest BCUT2D eigenvalue weighted by atomic mass is 16.2. The van der Waals surface area contributed by atoms with E-state index < -0.39 is 0 Å². The van der Waals surface area contributed by atoms with Gasteiger partial charge in [-0.3, -0.25) is 14.9 Å². The van der Waals surface area contributed by atoms with Gasteiger partial charge in [0.25, 0.3) is 0 Å². The topological polar surface area (TPSA) is 49.4 Å². The average Bonchev–Trinajstić information content (AvgIpc) is 2.21. The predicted octanol–water partition coefficient (Wildman–Crippen LogP) is 1.07. The molecule has 0 radical (unpaired) electrons. The molecule has 1 N–H and O–H groups in total. The van der Waals surface area contributed by atoms with Crippen LogP contribution in [0.2, 0.25) is 0 Å². The third-order valence-electron chi connectivity index (χ3n) is 2.91. The van der Waals surface area contributed by atoms with Gasteiger partial charge in [-0.1, -0.05) is 17.7 Å². The zero-order valence-electron chi connectivity index (χ0n) is 10.3. The summed E-state index contributed by atoms with van der Waals surface area (Å²) in [5.74, 6) is -0.368. The molecule has 0 bridgehead atoms. The second-order valence-corrected chi connectivity index (χ2v) is 4.47. The van der Waals surface area contributed by atoms with Crippen LogP contribution in [0, 0.1) is 20.8 Å². The quantitative estimate of drug-likeness (QED) is 0.737. The minimum atomic E-state index is -0.184. The Bertz CT molecular complexity index is 455. The standard InChI is InChI=1S/C13H16N2O2/c1-8-4-9(2)13(10(3)5-8)15-11(16)6-14-7-12(15)17/h4-5,14H,6-7H2,1-3H3. The van der Waals surface area contributed by atoms with Crippen LogP contribution in [0.1, 0.15) is 16.7 Å². The van der Waals surface area contributed by atoms with Gasteiger partial charge in [-0.15, -0.1) is 0 Å². The first kappa shape index (κ1) is 11.8. The van der Waals surface area contributed by atoms with E-state index in [-0.39, 0.29) is 24.9 Å². The first-order valence-electron chi connectivity index (χ1n) is 5.65. The molecule has 1 saturated heterocycles. The van der Waals surface area contributed by atoms with Crippen molar-refractivity contribution in [3.8, 4) is 0 Å². The minimum absolute atomic E-state index is 0.184. The number of carbonyl (C=O) groups is 2. The van der Waals surface area contributed by atoms with E-state index in [0.29, 0.717) is 0 Å². The molecule has 2 amide bonds. The fourth-order valence-corrected chi connectivity index (χ4v) is 2.35. The number of hydrogen-bond acceptors (Lipinski definition) is 3. The van der Waals surface area contributed by atoms with Crippen molar-refractivity contribution in [3.05, 3.63) is 28.8 Å². The Hall–Kier alpha value is -1.68. The van der Waals surface area contributed by atoms with Crippen molar-refractivity contribution in [3.63, 3.8) is 0 Å². The molecule has 4 heteroatoms. The van der Waals surface area contributed by atoms with Crippen LogP contribution in [0.25, 0.3) is 0 Å². The Kier molecular flexibility index (Phi) is 2.98. The molecule has 90 valence electrons. The summed E-state index contributed by atoms with van der Waals surface area (Å²) in [5.41, 5.74) is 3.81. The molecule has 1 fully saturated rings. The van der Waals surface area contributed by atoms with E-state index in [4.69, 9.17) is 0 Å². The largest absolute Gasteiger partial charge is 0.300 e. The second kappa shape index (κ2) is 4.30. The maximum atomic E-state index is 11.8. The van der Waals surface area contributed by atoms with Gasteiger partial charge in [0.15, 0.2) is 0 Å². The highest BCUT2D eigenvalue weighted by molar-refractivity contribution is 6.18. The lowest BCUT2D eigenvalue weighted by Gasteiger charge is -2.28. The van der Waals surface area contributed by atoms with Crippen molar-refractivity contribution in [1.29, 1.82) is 0 Å². The molecular formula is C13H16N2O2. The van der Waals surface area contributed by atoms with Crippen LogP contribution in [-0.2, 0) is 9.59 Å². The van der Waals surface area contributed by atoms with Crippen LogP contribution in [-0.4, -0.2) is 24.9 Å². The molecule has 0 atom stereocenters. The third kappa shape index (κ3) is 2.08. The second-order valence-electron chi connectivity index (χ2n) is 4.47. The predicted molar refractivity (Wildman–Crippen MR) is 66.0 cm³/mol. The van der Waals surface area contributed by atoms with Crippen LogP contribution in [0.4, 0.5) is 5.69 Å². The molecule has 0 unspecified atom stereocenters. The van der Waals surface area contributed by atoms with Crippen molar-refractivity contribution < 1.29 is 9.59 Å². The summed E-state index contributed by atoms with van der Waals surface area (Å²) in [6, 6.07) is 3.98. The summed E-state index contributed by atoms with van der Waals surface area (Å²) in [4.78, 5) is 25.0. The third-order valence-corrected chi connectivity index (χ3v) is 2.91.